The van der Waals surface area contributed by atoms with Crippen molar-refractivity contribution in [3.8, 4) is 0 Å². The third-order valence-corrected chi connectivity index (χ3v) is 2.99. The maximum Gasteiger partial charge on any atom is 0.0625 e. The number of aryl methyl sites for hydroxylation is 1. The number of benzene rings is 1. The van der Waals surface area contributed by atoms with E-state index in [2.05, 4.69) is 69.2 Å². The van der Waals surface area contributed by atoms with Gasteiger partial charge in [0.25, 0.3) is 0 Å². The molecule has 0 aliphatic carbocycles. The molecule has 0 N–H and O–H groups in total. The summed E-state index contributed by atoms with van der Waals surface area (Å²) in [6.07, 6.45) is 7.85. The zero-order chi connectivity index (χ0) is 13.4. The maximum atomic E-state index is 4.49. The van der Waals surface area contributed by atoms with Gasteiger partial charge in [0, 0.05) is 6.21 Å². The minimum Gasteiger partial charge on any atom is -0.261 e. The molecule has 1 unspecified atom stereocenters. The van der Waals surface area contributed by atoms with E-state index in [-0.39, 0.29) is 0 Å². The number of hydrogen-bond acceptors (Lipinski definition) is 1. The van der Waals surface area contributed by atoms with E-state index in [0.717, 1.165) is 12.1 Å². The summed E-state index contributed by atoms with van der Waals surface area (Å²) in [6, 6.07) is 8.34. The lowest BCUT2D eigenvalue weighted by molar-refractivity contribution is 0.563. The largest absolute Gasteiger partial charge is 0.261 e. The van der Waals surface area contributed by atoms with Crippen LogP contribution in [0.4, 0.5) is 5.69 Å². The summed E-state index contributed by atoms with van der Waals surface area (Å²) in [5.74, 6) is 0.704. The van der Waals surface area contributed by atoms with Gasteiger partial charge in [-0.3, -0.25) is 4.99 Å². The first-order chi connectivity index (χ1) is 8.58. The molecule has 0 heterocycles. The SMILES string of the molecule is CC(C)=CCCC(C)CC=Nc1ccc(C)cc1. The Morgan fingerprint density at radius 3 is 2.50 bits per heavy atom. The Morgan fingerprint density at radius 1 is 1.22 bits per heavy atom. The van der Waals surface area contributed by atoms with E-state index in [1.807, 2.05) is 0 Å². The lowest BCUT2D eigenvalue weighted by atomic mass is 10.0. The second-order valence-corrected chi connectivity index (χ2v) is 5.35. The van der Waals surface area contributed by atoms with Crippen molar-refractivity contribution in [3.05, 3.63) is 41.5 Å². The van der Waals surface area contributed by atoms with Gasteiger partial charge in [-0.2, -0.15) is 0 Å². The van der Waals surface area contributed by atoms with Crippen molar-refractivity contribution >= 4 is 11.9 Å². The molecule has 0 amide bonds. The van der Waals surface area contributed by atoms with Gasteiger partial charge in [-0.25, -0.2) is 0 Å². The van der Waals surface area contributed by atoms with E-state index < -0.39 is 0 Å². The summed E-state index contributed by atoms with van der Waals surface area (Å²) in [7, 11) is 0. The average Bonchev–Trinajstić information content (AvgIpc) is 2.31. The Bertz CT molecular complexity index is 394. The fourth-order valence-electron chi connectivity index (χ4n) is 1.74. The Labute approximate surface area is 112 Å². The van der Waals surface area contributed by atoms with E-state index >= 15 is 0 Å². The van der Waals surface area contributed by atoms with Crippen LogP contribution in [-0.2, 0) is 0 Å². The molecule has 0 bridgehead atoms. The van der Waals surface area contributed by atoms with Crippen molar-refractivity contribution in [2.75, 3.05) is 0 Å². The molecule has 0 aliphatic heterocycles. The standard InChI is InChI=1S/C17H25N/c1-14(2)6-5-7-15(3)12-13-18-17-10-8-16(4)9-11-17/h6,8-11,13,15H,5,7,12H2,1-4H3. The van der Waals surface area contributed by atoms with Crippen LogP contribution in [0.3, 0.4) is 0 Å². The monoisotopic (exact) mass is 243 g/mol. The van der Waals surface area contributed by atoms with Gasteiger partial charge < -0.3 is 0 Å². The van der Waals surface area contributed by atoms with Crippen LogP contribution in [0.15, 0.2) is 40.9 Å². The quantitative estimate of drug-likeness (QED) is 0.464. The van der Waals surface area contributed by atoms with Gasteiger partial charge in [-0.05, 0) is 58.1 Å². The predicted octanol–water partition coefficient (Wildman–Crippen LogP) is 5.47. The molecule has 1 nitrogen and oxygen atoms in total. The lowest BCUT2D eigenvalue weighted by Crippen LogP contribution is -1.94. The first-order valence-electron chi connectivity index (χ1n) is 6.80. The summed E-state index contributed by atoms with van der Waals surface area (Å²) >= 11 is 0. The zero-order valence-corrected chi connectivity index (χ0v) is 12.1. The minimum atomic E-state index is 0.704. The third kappa shape index (κ3) is 6.39. The van der Waals surface area contributed by atoms with Crippen LogP contribution in [0.25, 0.3) is 0 Å². The molecule has 1 heteroatoms. The van der Waals surface area contributed by atoms with E-state index in [1.54, 1.807) is 0 Å². The van der Waals surface area contributed by atoms with Gasteiger partial charge in [0.15, 0.2) is 0 Å². The summed E-state index contributed by atoms with van der Waals surface area (Å²) in [4.78, 5) is 4.49. The van der Waals surface area contributed by atoms with E-state index in [0.29, 0.717) is 5.92 Å². The van der Waals surface area contributed by atoms with Crippen LogP contribution < -0.4 is 0 Å². The number of nitrogens with zero attached hydrogens (tertiary/aromatic N) is 1. The normalized spacial score (nSPS) is 12.7. The van der Waals surface area contributed by atoms with Crippen molar-refractivity contribution in [2.24, 2.45) is 10.9 Å². The zero-order valence-electron chi connectivity index (χ0n) is 12.1. The molecule has 98 valence electrons. The van der Waals surface area contributed by atoms with Crippen LogP contribution in [0.5, 0.6) is 0 Å². The molecular formula is C17H25N. The number of hydrogen-bond donors (Lipinski definition) is 0. The Hall–Kier alpha value is -1.37. The molecule has 18 heavy (non-hydrogen) atoms. The molecule has 0 spiro atoms. The maximum absolute atomic E-state index is 4.49. The summed E-state index contributed by atoms with van der Waals surface area (Å²) in [5, 5.41) is 0. The topological polar surface area (TPSA) is 12.4 Å². The summed E-state index contributed by atoms with van der Waals surface area (Å²) in [5.41, 5.74) is 3.75. The Kier molecular flexibility index (Phi) is 6.42. The van der Waals surface area contributed by atoms with Gasteiger partial charge >= 0.3 is 0 Å². The molecule has 1 rings (SSSR count). The number of aliphatic imine (C=N–C) groups is 1. The van der Waals surface area contributed by atoms with Crippen molar-refractivity contribution < 1.29 is 0 Å². The van der Waals surface area contributed by atoms with Crippen LogP contribution in [0, 0.1) is 12.8 Å². The molecule has 1 aromatic carbocycles. The van der Waals surface area contributed by atoms with Crippen LogP contribution in [-0.4, -0.2) is 6.21 Å². The lowest BCUT2D eigenvalue weighted by Gasteiger charge is -2.05. The van der Waals surface area contributed by atoms with Crippen LogP contribution in [0.2, 0.25) is 0 Å². The second kappa shape index (κ2) is 7.86. The Morgan fingerprint density at radius 2 is 1.89 bits per heavy atom. The first kappa shape index (κ1) is 14.7. The minimum absolute atomic E-state index is 0.704. The Balaban J connectivity index is 2.31. The van der Waals surface area contributed by atoms with Crippen molar-refractivity contribution in [1.29, 1.82) is 0 Å². The summed E-state index contributed by atoms with van der Waals surface area (Å²) < 4.78 is 0. The fourth-order valence-corrected chi connectivity index (χ4v) is 1.74. The molecule has 0 saturated heterocycles. The highest BCUT2D eigenvalue weighted by atomic mass is 14.7. The highest BCUT2D eigenvalue weighted by molar-refractivity contribution is 5.63. The van der Waals surface area contributed by atoms with E-state index in [4.69, 9.17) is 0 Å². The first-order valence-corrected chi connectivity index (χ1v) is 6.80. The van der Waals surface area contributed by atoms with Crippen LogP contribution >= 0.6 is 0 Å². The van der Waals surface area contributed by atoms with Gasteiger partial charge in [0.1, 0.15) is 0 Å². The molecule has 1 atom stereocenters. The number of rotatable bonds is 6. The molecule has 0 aromatic heterocycles. The van der Waals surface area contributed by atoms with Gasteiger partial charge in [0.2, 0.25) is 0 Å². The van der Waals surface area contributed by atoms with Crippen molar-refractivity contribution in [1.82, 2.24) is 0 Å². The highest BCUT2D eigenvalue weighted by Gasteiger charge is 1.98. The molecule has 0 radical (unpaired) electrons. The fraction of sp³-hybridized carbons (Fsp3) is 0.471. The number of allylic oxidation sites excluding steroid dienone is 2. The van der Waals surface area contributed by atoms with Crippen LogP contribution in [0.1, 0.15) is 45.6 Å². The smallest absolute Gasteiger partial charge is 0.0625 e. The van der Waals surface area contributed by atoms with Gasteiger partial charge in [-0.15, -0.1) is 0 Å². The third-order valence-electron chi connectivity index (χ3n) is 2.99. The second-order valence-electron chi connectivity index (χ2n) is 5.35. The van der Waals surface area contributed by atoms with E-state index in [9.17, 15) is 0 Å². The van der Waals surface area contributed by atoms with Gasteiger partial charge in [0.05, 0.1) is 5.69 Å². The van der Waals surface area contributed by atoms with E-state index in [1.165, 1.54) is 24.0 Å². The molecule has 0 saturated carbocycles. The van der Waals surface area contributed by atoms with Crippen molar-refractivity contribution in [3.63, 3.8) is 0 Å². The van der Waals surface area contributed by atoms with Gasteiger partial charge in [-0.1, -0.05) is 36.3 Å². The highest BCUT2D eigenvalue weighted by Crippen LogP contribution is 2.14. The molecule has 1 aromatic rings. The predicted molar refractivity (Wildman–Crippen MR) is 81.8 cm³/mol. The molecular weight excluding hydrogens is 218 g/mol. The molecule has 0 fully saturated rings. The molecule has 0 aliphatic rings. The average molecular weight is 243 g/mol. The summed E-state index contributed by atoms with van der Waals surface area (Å²) in [6.45, 7) is 8.70. The van der Waals surface area contributed by atoms with Crippen molar-refractivity contribution in [2.45, 2.75) is 47.0 Å².